The van der Waals surface area contributed by atoms with Crippen molar-refractivity contribution in [3.63, 3.8) is 0 Å². The van der Waals surface area contributed by atoms with Crippen LogP contribution in [0.3, 0.4) is 0 Å². The molecule has 4 nitrogen and oxygen atoms in total. The largest absolute Gasteiger partial charge is 0.351 e. The highest BCUT2D eigenvalue weighted by Gasteiger charge is 2.44. The van der Waals surface area contributed by atoms with Crippen LogP contribution in [-0.4, -0.2) is 11.8 Å². The molecule has 2 aromatic rings. The molecule has 0 unspecified atom stereocenters. The first-order valence-corrected chi connectivity index (χ1v) is 10.9. The van der Waals surface area contributed by atoms with E-state index in [-0.39, 0.29) is 11.8 Å². The average molecular weight is 407 g/mol. The Hall–Kier alpha value is -2.88. The Morgan fingerprint density at radius 3 is 1.77 bits per heavy atom. The molecule has 2 rings (SSSR count). The molecule has 0 saturated carbocycles. The number of carbonyl (C=O) groups is 2. The van der Waals surface area contributed by atoms with Crippen LogP contribution in [0, 0.1) is 5.41 Å². The molecule has 2 N–H and O–H groups in total. The Morgan fingerprint density at radius 1 is 0.833 bits per heavy atom. The van der Waals surface area contributed by atoms with Gasteiger partial charge in [-0.05, 0) is 30.9 Å². The van der Waals surface area contributed by atoms with Gasteiger partial charge in [-0.2, -0.15) is 0 Å². The van der Waals surface area contributed by atoms with Crippen molar-refractivity contribution in [2.45, 2.75) is 59.0 Å². The first kappa shape index (κ1) is 23.4. The zero-order valence-electron chi connectivity index (χ0n) is 18.2. The average Bonchev–Trinajstić information content (AvgIpc) is 2.79. The van der Waals surface area contributed by atoms with Crippen LogP contribution in [0.1, 0.15) is 57.1 Å². The van der Waals surface area contributed by atoms with E-state index in [1.807, 2.05) is 79.7 Å². The van der Waals surface area contributed by atoms with Crippen molar-refractivity contribution >= 4 is 11.8 Å². The summed E-state index contributed by atoms with van der Waals surface area (Å²) < 4.78 is 0. The van der Waals surface area contributed by atoms with E-state index in [0.29, 0.717) is 25.9 Å². The van der Waals surface area contributed by atoms with Gasteiger partial charge in [-0.25, -0.2) is 0 Å². The van der Waals surface area contributed by atoms with Gasteiger partial charge in [0.05, 0.1) is 0 Å². The lowest BCUT2D eigenvalue weighted by molar-refractivity contribution is -0.144. The number of hydrogen-bond donors (Lipinski definition) is 2. The molecule has 30 heavy (non-hydrogen) atoms. The summed E-state index contributed by atoms with van der Waals surface area (Å²) in [4.78, 5) is 26.8. The second kappa shape index (κ2) is 12.6. The molecule has 2 aromatic carbocycles. The van der Waals surface area contributed by atoms with Crippen LogP contribution >= 0.6 is 0 Å². The van der Waals surface area contributed by atoms with E-state index in [1.54, 1.807) is 0 Å². The number of benzene rings is 2. The highest BCUT2D eigenvalue weighted by atomic mass is 16.2. The van der Waals surface area contributed by atoms with Crippen molar-refractivity contribution in [3.05, 3.63) is 83.9 Å². The van der Waals surface area contributed by atoms with E-state index in [4.69, 9.17) is 0 Å². The summed E-state index contributed by atoms with van der Waals surface area (Å²) in [7, 11) is 0. The van der Waals surface area contributed by atoms with Crippen LogP contribution in [0.2, 0.25) is 0 Å². The lowest BCUT2D eigenvalue weighted by Gasteiger charge is -2.30. The number of hydrogen-bond acceptors (Lipinski definition) is 2. The second-order valence-corrected chi connectivity index (χ2v) is 7.65. The zero-order chi connectivity index (χ0) is 21.7. The number of allylic oxidation sites excluding steroid dienone is 2. The monoisotopic (exact) mass is 406 g/mol. The van der Waals surface area contributed by atoms with Gasteiger partial charge in [-0.1, -0.05) is 99.0 Å². The quantitative estimate of drug-likeness (QED) is 0.291. The van der Waals surface area contributed by atoms with Crippen molar-refractivity contribution in [2.75, 3.05) is 0 Å². The second-order valence-electron chi connectivity index (χ2n) is 7.65. The fourth-order valence-electron chi connectivity index (χ4n) is 3.51. The van der Waals surface area contributed by atoms with E-state index < -0.39 is 5.41 Å². The van der Waals surface area contributed by atoms with Crippen LogP contribution in [0.5, 0.6) is 0 Å². The number of carbonyl (C=O) groups excluding carboxylic acids is 2. The lowest BCUT2D eigenvalue weighted by Crippen LogP contribution is -2.51. The molecule has 2 amide bonds. The zero-order valence-corrected chi connectivity index (χ0v) is 18.2. The maximum absolute atomic E-state index is 13.4. The van der Waals surface area contributed by atoms with Gasteiger partial charge in [0.1, 0.15) is 5.41 Å². The van der Waals surface area contributed by atoms with Gasteiger partial charge in [0.25, 0.3) is 0 Å². The van der Waals surface area contributed by atoms with E-state index in [1.165, 1.54) is 0 Å². The molecule has 0 aliphatic carbocycles. The van der Waals surface area contributed by atoms with Crippen molar-refractivity contribution in [1.29, 1.82) is 0 Å². The lowest BCUT2D eigenvalue weighted by atomic mass is 9.77. The Balaban J connectivity index is 2.20. The normalized spacial score (nSPS) is 11.4. The van der Waals surface area contributed by atoms with Gasteiger partial charge in [0.15, 0.2) is 0 Å². The molecule has 0 bridgehead atoms. The van der Waals surface area contributed by atoms with Gasteiger partial charge in [0.2, 0.25) is 11.8 Å². The summed E-state index contributed by atoms with van der Waals surface area (Å²) in [6.07, 6.45) is 7.64. The van der Waals surface area contributed by atoms with E-state index >= 15 is 0 Å². The Kier molecular flexibility index (Phi) is 9.85. The number of rotatable bonds is 12. The Bertz CT molecular complexity index is 745. The number of amides is 2. The number of nitrogens with one attached hydrogen (secondary N) is 2. The Morgan fingerprint density at radius 2 is 1.33 bits per heavy atom. The predicted octanol–water partition coefficient (Wildman–Crippen LogP) is 5.15. The summed E-state index contributed by atoms with van der Waals surface area (Å²) in [5.41, 5.74) is 0.929. The molecule has 0 spiro atoms. The maximum atomic E-state index is 13.4. The van der Waals surface area contributed by atoms with Crippen LogP contribution in [-0.2, 0) is 22.7 Å². The van der Waals surface area contributed by atoms with Crippen molar-refractivity contribution < 1.29 is 9.59 Å². The Labute approximate surface area is 180 Å². The smallest absolute Gasteiger partial charge is 0.236 e. The highest BCUT2D eigenvalue weighted by Crippen LogP contribution is 2.31. The number of unbranched alkanes of at least 4 members (excludes halogenated alkanes) is 2. The molecule has 0 aromatic heterocycles. The fraction of sp³-hybridized carbons (Fsp3) is 0.385. The minimum absolute atomic E-state index is 0.203. The third kappa shape index (κ3) is 6.87. The van der Waals surface area contributed by atoms with Crippen molar-refractivity contribution in [3.8, 4) is 0 Å². The predicted molar refractivity (Wildman–Crippen MR) is 123 cm³/mol. The molecule has 0 aliphatic heterocycles. The molecule has 0 heterocycles. The van der Waals surface area contributed by atoms with Gasteiger partial charge < -0.3 is 10.6 Å². The summed E-state index contributed by atoms with van der Waals surface area (Å²) in [5, 5.41) is 6.04. The molecule has 0 saturated heterocycles. The first-order valence-electron chi connectivity index (χ1n) is 10.9. The SMILES string of the molecule is C/C=C/CC(CCCCC)(C(=O)NCc1ccccc1)C(=O)NCc1ccccc1. The van der Waals surface area contributed by atoms with E-state index in [9.17, 15) is 9.59 Å². The topological polar surface area (TPSA) is 58.2 Å². The molecular weight excluding hydrogens is 372 g/mol. The molecule has 160 valence electrons. The molecule has 0 aliphatic rings. The van der Waals surface area contributed by atoms with Gasteiger partial charge in [-0.15, -0.1) is 0 Å². The van der Waals surface area contributed by atoms with E-state index in [0.717, 1.165) is 30.4 Å². The third-order valence-corrected chi connectivity index (χ3v) is 5.37. The first-order chi connectivity index (χ1) is 14.6. The van der Waals surface area contributed by atoms with Crippen LogP contribution in [0.15, 0.2) is 72.8 Å². The van der Waals surface area contributed by atoms with Gasteiger partial charge >= 0.3 is 0 Å². The van der Waals surface area contributed by atoms with E-state index in [2.05, 4.69) is 17.6 Å². The highest BCUT2D eigenvalue weighted by molar-refractivity contribution is 6.05. The summed E-state index contributed by atoms with van der Waals surface area (Å²) in [6, 6.07) is 19.6. The minimum Gasteiger partial charge on any atom is -0.351 e. The standard InChI is InChI=1S/C26H34N2O2/c1-3-5-13-19-26(18-6-4-2,24(29)27-20-22-14-9-7-10-15-22)25(30)28-21-23-16-11-8-12-17-23/h4,6-12,14-17H,3,5,13,18-21H2,1-2H3,(H,27,29)(H,28,30)/b6-4+. The molecular formula is C26H34N2O2. The summed E-state index contributed by atoms with van der Waals surface area (Å²) in [6.45, 7) is 4.87. The van der Waals surface area contributed by atoms with Crippen molar-refractivity contribution in [2.24, 2.45) is 5.41 Å². The van der Waals surface area contributed by atoms with Gasteiger partial charge in [-0.3, -0.25) is 9.59 Å². The molecule has 0 radical (unpaired) electrons. The summed E-state index contributed by atoms with van der Waals surface area (Å²) in [5.74, 6) is -0.405. The minimum atomic E-state index is -1.11. The third-order valence-electron chi connectivity index (χ3n) is 5.37. The molecule has 0 atom stereocenters. The van der Waals surface area contributed by atoms with Gasteiger partial charge in [0, 0.05) is 13.1 Å². The van der Waals surface area contributed by atoms with Crippen LogP contribution in [0.4, 0.5) is 0 Å². The van der Waals surface area contributed by atoms with Crippen LogP contribution < -0.4 is 10.6 Å². The summed E-state index contributed by atoms with van der Waals surface area (Å²) >= 11 is 0. The van der Waals surface area contributed by atoms with Crippen LogP contribution in [0.25, 0.3) is 0 Å². The molecule has 0 fully saturated rings. The van der Waals surface area contributed by atoms with Crippen molar-refractivity contribution in [1.82, 2.24) is 10.6 Å². The molecule has 4 heteroatoms. The maximum Gasteiger partial charge on any atom is 0.236 e. The fourth-order valence-corrected chi connectivity index (χ4v) is 3.51.